The molecule has 0 unspecified atom stereocenters. The molecule has 0 atom stereocenters. The van der Waals surface area contributed by atoms with Gasteiger partial charge in [0, 0.05) is 18.6 Å². The lowest BCUT2D eigenvalue weighted by molar-refractivity contribution is 0.388. The summed E-state index contributed by atoms with van der Waals surface area (Å²) in [7, 11) is -6.05. The van der Waals surface area contributed by atoms with E-state index in [0.717, 1.165) is 18.6 Å². The van der Waals surface area contributed by atoms with E-state index in [4.69, 9.17) is 4.74 Å². The van der Waals surface area contributed by atoms with Gasteiger partial charge in [-0.25, -0.2) is 21.8 Å². The van der Waals surface area contributed by atoms with Crippen LogP contribution in [0.3, 0.4) is 0 Å². The van der Waals surface area contributed by atoms with Crippen LogP contribution in [0.5, 0.6) is 5.88 Å². The number of aromatic nitrogens is 2. The number of methoxy groups -OCH3 is 1. The van der Waals surface area contributed by atoms with Crippen molar-refractivity contribution in [2.24, 2.45) is 0 Å². The zero-order valence-electron chi connectivity index (χ0n) is 8.83. The predicted octanol–water partition coefficient (Wildman–Crippen LogP) is -0.708. The van der Waals surface area contributed by atoms with E-state index in [-0.39, 0.29) is 10.9 Å². The maximum Gasteiger partial charge on any atom is 0.251 e. The van der Waals surface area contributed by atoms with Crippen molar-refractivity contribution in [2.75, 3.05) is 19.6 Å². The third-order valence-electron chi connectivity index (χ3n) is 1.58. The Morgan fingerprint density at radius 3 is 2.00 bits per heavy atom. The number of ether oxygens (including phenoxy) is 1. The van der Waals surface area contributed by atoms with Crippen LogP contribution in [0.1, 0.15) is 0 Å². The SMILES string of the molecule is COc1cc(S(C)(=O)=O)nc(S(C)(=O)=O)n1. The molecule has 0 aromatic carbocycles. The Labute approximate surface area is 93.3 Å². The normalized spacial score (nSPS) is 12.4. The first kappa shape index (κ1) is 12.8. The largest absolute Gasteiger partial charge is 0.481 e. The minimum absolute atomic E-state index is 0.115. The minimum atomic E-state index is -3.68. The molecular weight excluding hydrogens is 256 g/mol. The van der Waals surface area contributed by atoms with Crippen LogP contribution in [-0.2, 0) is 19.7 Å². The number of hydrogen-bond donors (Lipinski definition) is 0. The minimum Gasteiger partial charge on any atom is -0.481 e. The third kappa shape index (κ3) is 2.89. The van der Waals surface area contributed by atoms with Crippen molar-refractivity contribution in [3.05, 3.63) is 6.07 Å². The number of nitrogens with zero attached hydrogens (tertiary/aromatic N) is 2. The molecule has 1 rings (SSSR count). The molecule has 0 fully saturated rings. The standard InChI is InChI=1S/C7H10N2O5S2/c1-14-5-4-6(15(2,10)11)9-7(8-5)16(3,12)13/h4H,1-3H3. The second-order valence-corrected chi connectivity index (χ2v) is 6.95. The molecule has 9 heteroatoms. The van der Waals surface area contributed by atoms with Gasteiger partial charge in [-0.15, -0.1) is 0 Å². The van der Waals surface area contributed by atoms with Crippen molar-refractivity contribution >= 4 is 19.7 Å². The molecule has 0 spiro atoms. The summed E-state index contributed by atoms with van der Waals surface area (Å²) in [4.78, 5) is 7.01. The first-order valence-corrected chi connectivity index (χ1v) is 7.76. The van der Waals surface area contributed by atoms with Crippen molar-refractivity contribution < 1.29 is 21.6 Å². The van der Waals surface area contributed by atoms with Gasteiger partial charge < -0.3 is 4.74 Å². The van der Waals surface area contributed by atoms with Crippen molar-refractivity contribution in [1.82, 2.24) is 9.97 Å². The summed E-state index contributed by atoms with van der Waals surface area (Å²) in [6, 6.07) is 1.06. The number of sulfone groups is 2. The molecule has 1 heterocycles. The molecule has 1 aromatic heterocycles. The van der Waals surface area contributed by atoms with Gasteiger partial charge in [-0.1, -0.05) is 0 Å². The summed E-state index contributed by atoms with van der Waals surface area (Å²) in [5.74, 6) is -0.115. The molecule has 0 amide bonds. The van der Waals surface area contributed by atoms with Gasteiger partial charge in [0.1, 0.15) is 0 Å². The highest BCUT2D eigenvalue weighted by atomic mass is 32.2. The fourth-order valence-corrected chi connectivity index (χ4v) is 1.99. The van der Waals surface area contributed by atoms with Crippen molar-refractivity contribution in [2.45, 2.75) is 10.2 Å². The predicted molar refractivity (Wildman–Crippen MR) is 54.8 cm³/mol. The molecule has 90 valence electrons. The molecule has 7 nitrogen and oxygen atoms in total. The summed E-state index contributed by atoms with van der Waals surface area (Å²) in [5.41, 5.74) is 0. The monoisotopic (exact) mass is 266 g/mol. The van der Waals surface area contributed by atoms with E-state index < -0.39 is 24.8 Å². The molecule has 0 bridgehead atoms. The van der Waals surface area contributed by atoms with Gasteiger partial charge in [0.15, 0.2) is 14.9 Å². The summed E-state index contributed by atoms with van der Waals surface area (Å²) in [6.45, 7) is 0. The van der Waals surface area contributed by atoms with Crippen LogP contribution >= 0.6 is 0 Å². The maximum absolute atomic E-state index is 11.2. The molecule has 0 N–H and O–H groups in total. The van der Waals surface area contributed by atoms with Gasteiger partial charge in [-0.2, -0.15) is 4.98 Å². The second kappa shape index (κ2) is 3.98. The Bertz CT molecular complexity index is 555. The summed E-state index contributed by atoms with van der Waals surface area (Å²) in [5, 5.41) is -0.966. The lowest BCUT2D eigenvalue weighted by Gasteiger charge is -2.04. The lowest BCUT2D eigenvalue weighted by atomic mass is 10.6. The zero-order chi connectivity index (χ0) is 12.6. The van der Waals surface area contributed by atoms with Crippen LogP contribution in [0.2, 0.25) is 0 Å². The van der Waals surface area contributed by atoms with Gasteiger partial charge in [0.25, 0.3) is 5.16 Å². The van der Waals surface area contributed by atoms with E-state index in [1.165, 1.54) is 7.11 Å². The molecular formula is C7H10N2O5S2. The Balaban J connectivity index is 3.58. The fraction of sp³-hybridized carbons (Fsp3) is 0.429. The first-order chi connectivity index (χ1) is 7.14. The summed E-state index contributed by atoms with van der Waals surface area (Å²) in [6.07, 6.45) is 1.80. The molecule has 0 saturated carbocycles. The third-order valence-corrected chi connectivity index (χ3v) is 3.39. The van der Waals surface area contributed by atoms with Gasteiger partial charge >= 0.3 is 0 Å². The Kier molecular flexibility index (Phi) is 3.20. The smallest absolute Gasteiger partial charge is 0.251 e. The Hall–Kier alpha value is -1.22. The molecule has 0 radical (unpaired) electrons. The van der Waals surface area contributed by atoms with Gasteiger partial charge in [-0.05, 0) is 0 Å². The molecule has 0 aliphatic rings. The van der Waals surface area contributed by atoms with Crippen LogP contribution in [-0.4, -0.2) is 46.4 Å². The molecule has 1 aromatic rings. The summed E-state index contributed by atoms with van der Waals surface area (Å²) >= 11 is 0. The zero-order valence-corrected chi connectivity index (χ0v) is 10.5. The fourth-order valence-electron chi connectivity index (χ4n) is 0.844. The molecule has 0 aliphatic heterocycles. The highest BCUT2D eigenvalue weighted by molar-refractivity contribution is 7.91. The second-order valence-electron chi connectivity index (χ2n) is 3.08. The number of hydrogen-bond acceptors (Lipinski definition) is 7. The van der Waals surface area contributed by atoms with Crippen LogP contribution in [0, 0.1) is 0 Å². The number of rotatable bonds is 3. The quantitative estimate of drug-likeness (QED) is 0.526. The Morgan fingerprint density at radius 1 is 1.06 bits per heavy atom. The van der Waals surface area contributed by atoms with E-state index in [1.807, 2.05) is 0 Å². The molecule has 0 aliphatic carbocycles. The highest BCUT2D eigenvalue weighted by Crippen LogP contribution is 2.15. The van der Waals surface area contributed by atoms with Crippen LogP contribution < -0.4 is 4.74 Å². The van der Waals surface area contributed by atoms with Crippen molar-refractivity contribution in [1.29, 1.82) is 0 Å². The van der Waals surface area contributed by atoms with Gasteiger partial charge in [0.2, 0.25) is 15.7 Å². The molecule has 16 heavy (non-hydrogen) atoms. The average Bonchev–Trinajstić information content (AvgIpc) is 2.14. The van der Waals surface area contributed by atoms with Gasteiger partial charge in [-0.3, -0.25) is 0 Å². The van der Waals surface area contributed by atoms with Crippen LogP contribution in [0.4, 0.5) is 0 Å². The van der Waals surface area contributed by atoms with E-state index in [1.54, 1.807) is 0 Å². The first-order valence-electron chi connectivity index (χ1n) is 3.98. The maximum atomic E-state index is 11.2. The Morgan fingerprint density at radius 2 is 1.62 bits per heavy atom. The van der Waals surface area contributed by atoms with Gasteiger partial charge in [0.05, 0.1) is 7.11 Å². The van der Waals surface area contributed by atoms with E-state index in [0.29, 0.717) is 0 Å². The van der Waals surface area contributed by atoms with E-state index >= 15 is 0 Å². The van der Waals surface area contributed by atoms with Crippen molar-refractivity contribution in [3.8, 4) is 5.88 Å². The highest BCUT2D eigenvalue weighted by Gasteiger charge is 2.19. The van der Waals surface area contributed by atoms with Crippen LogP contribution in [0.15, 0.2) is 16.2 Å². The van der Waals surface area contributed by atoms with E-state index in [9.17, 15) is 16.8 Å². The molecule has 0 saturated heterocycles. The van der Waals surface area contributed by atoms with E-state index in [2.05, 4.69) is 9.97 Å². The van der Waals surface area contributed by atoms with Crippen molar-refractivity contribution in [3.63, 3.8) is 0 Å². The average molecular weight is 266 g/mol. The van der Waals surface area contributed by atoms with Crippen LogP contribution in [0.25, 0.3) is 0 Å². The topological polar surface area (TPSA) is 103 Å². The summed E-state index contributed by atoms with van der Waals surface area (Å²) < 4.78 is 49.6. The lowest BCUT2D eigenvalue weighted by Crippen LogP contribution is -2.10.